The van der Waals surface area contributed by atoms with Crippen LogP contribution in [0, 0.1) is 0 Å². The van der Waals surface area contributed by atoms with Crippen molar-refractivity contribution in [2.24, 2.45) is 0 Å². The molecule has 2 N–H and O–H groups in total. The van der Waals surface area contributed by atoms with Crippen molar-refractivity contribution in [3.05, 3.63) is 46.3 Å². The molecule has 0 aliphatic rings. The van der Waals surface area contributed by atoms with Crippen molar-refractivity contribution >= 4 is 28.2 Å². The smallest absolute Gasteiger partial charge is 0.346 e. The quantitative estimate of drug-likeness (QED) is 0.789. The highest BCUT2D eigenvalue weighted by Crippen LogP contribution is 2.32. The lowest BCUT2D eigenvalue weighted by atomic mass is 10.0. The molecule has 0 aliphatic heterocycles. The summed E-state index contributed by atoms with van der Waals surface area (Å²) in [5, 5.41) is 12.6. The number of carboxylic acids is 1. The zero-order chi connectivity index (χ0) is 17.7. The molecule has 0 unspecified atom stereocenters. The van der Waals surface area contributed by atoms with Crippen molar-refractivity contribution in [1.82, 2.24) is 0 Å². The van der Waals surface area contributed by atoms with E-state index < -0.39 is 5.97 Å². The van der Waals surface area contributed by atoms with E-state index in [0.29, 0.717) is 17.8 Å². The summed E-state index contributed by atoms with van der Waals surface area (Å²) < 4.78 is 5.10. The van der Waals surface area contributed by atoms with Gasteiger partial charge >= 0.3 is 5.97 Å². The van der Waals surface area contributed by atoms with Crippen molar-refractivity contribution in [3.8, 4) is 5.75 Å². The van der Waals surface area contributed by atoms with E-state index in [1.165, 1.54) is 0 Å². The Labute approximate surface area is 145 Å². The van der Waals surface area contributed by atoms with Crippen molar-refractivity contribution in [2.75, 3.05) is 12.4 Å². The Balaban J connectivity index is 1.96. The summed E-state index contributed by atoms with van der Waals surface area (Å²) in [5.74, 6) is -0.205. The van der Waals surface area contributed by atoms with Crippen LogP contribution >= 0.6 is 11.3 Å². The minimum Gasteiger partial charge on any atom is -0.497 e. The van der Waals surface area contributed by atoms with E-state index in [0.717, 1.165) is 28.2 Å². The minimum absolute atomic E-state index is 0.0947. The van der Waals surface area contributed by atoms with Gasteiger partial charge in [-0.15, -0.1) is 11.3 Å². The highest BCUT2D eigenvalue weighted by atomic mass is 32.1. The fraction of sp³-hybridized carbons (Fsp3) is 0.333. The van der Waals surface area contributed by atoms with Crippen LogP contribution in [0.1, 0.15) is 47.0 Å². The molecule has 0 saturated heterocycles. The summed E-state index contributed by atoms with van der Waals surface area (Å²) in [7, 11) is 1.61. The zero-order valence-electron chi connectivity index (χ0n) is 14.0. The number of anilines is 1. The van der Waals surface area contributed by atoms with Gasteiger partial charge in [-0.25, -0.2) is 4.79 Å². The van der Waals surface area contributed by atoms with Gasteiger partial charge in [0.25, 0.3) is 0 Å². The molecule has 24 heavy (non-hydrogen) atoms. The number of rotatable bonds is 7. The van der Waals surface area contributed by atoms with Gasteiger partial charge in [-0.05, 0) is 41.7 Å². The standard InChI is InChI=1S/C18H21NO4S/c1-11(2)14-10-16(24-17(14)18(21)22)19-15(20)9-6-12-4-7-13(23-3)8-5-12/h4-5,7-8,10-11H,6,9H2,1-3H3,(H,19,20)(H,21,22). The van der Waals surface area contributed by atoms with Crippen molar-refractivity contribution in [3.63, 3.8) is 0 Å². The summed E-state index contributed by atoms with van der Waals surface area (Å²) in [4.78, 5) is 23.7. The maximum Gasteiger partial charge on any atom is 0.346 e. The number of benzene rings is 1. The monoisotopic (exact) mass is 347 g/mol. The molecule has 2 rings (SSSR count). The average molecular weight is 347 g/mol. The fourth-order valence-electron chi connectivity index (χ4n) is 2.31. The van der Waals surface area contributed by atoms with Gasteiger partial charge in [-0.3, -0.25) is 4.79 Å². The second-order valence-corrected chi connectivity index (χ2v) is 6.80. The van der Waals surface area contributed by atoms with Crippen LogP contribution in [0.5, 0.6) is 5.75 Å². The Morgan fingerprint density at radius 1 is 1.25 bits per heavy atom. The highest BCUT2D eigenvalue weighted by molar-refractivity contribution is 7.18. The predicted molar refractivity (Wildman–Crippen MR) is 95.3 cm³/mol. The lowest BCUT2D eigenvalue weighted by molar-refractivity contribution is -0.116. The number of carbonyl (C=O) groups excluding carboxylic acids is 1. The molecule has 1 amide bonds. The molecule has 1 aromatic heterocycles. The molecule has 2 aromatic rings. The molecular weight excluding hydrogens is 326 g/mol. The number of methoxy groups -OCH3 is 1. The van der Waals surface area contributed by atoms with Crippen LogP contribution in [-0.2, 0) is 11.2 Å². The normalized spacial score (nSPS) is 10.7. The summed E-state index contributed by atoms with van der Waals surface area (Å²) in [6, 6.07) is 9.33. The van der Waals surface area contributed by atoms with E-state index in [-0.39, 0.29) is 16.7 Å². The first-order valence-corrected chi connectivity index (χ1v) is 8.52. The minimum atomic E-state index is -0.956. The Kier molecular flexibility index (Phi) is 5.98. The Bertz CT molecular complexity index is 719. The molecule has 128 valence electrons. The maximum absolute atomic E-state index is 12.1. The summed E-state index contributed by atoms with van der Waals surface area (Å²) >= 11 is 1.10. The molecule has 0 saturated carbocycles. The van der Waals surface area contributed by atoms with E-state index in [9.17, 15) is 14.7 Å². The van der Waals surface area contributed by atoms with Crippen molar-refractivity contribution in [2.45, 2.75) is 32.6 Å². The number of aromatic carboxylic acids is 1. The molecule has 0 bridgehead atoms. The number of ether oxygens (including phenoxy) is 1. The van der Waals surface area contributed by atoms with Gasteiger partial charge in [0, 0.05) is 6.42 Å². The number of thiophene rings is 1. The number of aryl methyl sites for hydroxylation is 1. The lowest BCUT2D eigenvalue weighted by Gasteiger charge is -2.04. The molecule has 5 nitrogen and oxygen atoms in total. The Morgan fingerprint density at radius 3 is 2.42 bits per heavy atom. The van der Waals surface area contributed by atoms with Gasteiger partial charge in [-0.2, -0.15) is 0 Å². The largest absolute Gasteiger partial charge is 0.497 e. The van der Waals surface area contributed by atoms with Crippen LogP contribution in [0.15, 0.2) is 30.3 Å². The Hall–Kier alpha value is -2.34. The highest BCUT2D eigenvalue weighted by Gasteiger charge is 2.18. The first-order valence-electron chi connectivity index (χ1n) is 7.70. The van der Waals surface area contributed by atoms with Gasteiger partial charge in [0.1, 0.15) is 10.6 Å². The Morgan fingerprint density at radius 2 is 1.92 bits per heavy atom. The molecule has 0 radical (unpaired) electrons. The first-order chi connectivity index (χ1) is 11.4. The van der Waals surface area contributed by atoms with E-state index in [4.69, 9.17) is 4.74 Å². The molecule has 1 heterocycles. The molecule has 0 atom stereocenters. The van der Waals surface area contributed by atoms with E-state index >= 15 is 0 Å². The molecule has 1 aromatic carbocycles. The van der Waals surface area contributed by atoms with E-state index in [2.05, 4.69) is 5.32 Å². The summed E-state index contributed by atoms with van der Waals surface area (Å²) in [5.41, 5.74) is 1.80. The van der Waals surface area contributed by atoms with Gasteiger partial charge in [0.2, 0.25) is 5.91 Å². The SMILES string of the molecule is COc1ccc(CCC(=O)Nc2cc(C(C)C)c(C(=O)O)s2)cc1. The second kappa shape index (κ2) is 7.97. The van der Waals surface area contributed by atoms with Crippen LogP contribution in [0.3, 0.4) is 0 Å². The number of carbonyl (C=O) groups is 2. The second-order valence-electron chi connectivity index (χ2n) is 5.75. The summed E-state index contributed by atoms with van der Waals surface area (Å²) in [6.07, 6.45) is 0.952. The van der Waals surface area contributed by atoms with Crippen LogP contribution in [0.2, 0.25) is 0 Å². The van der Waals surface area contributed by atoms with Gasteiger partial charge in [0.15, 0.2) is 0 Å². The van der Waals surface area contributed by atoms with Crippen molar-refractivity contribution in [1.29, 1.82) is 0 Å². The number of hydrogen-bond donors (Lipinski definition) is 2. The molecule has 0 spiro atoms. The van der Waals surface area contributed by atoms with Crippen LogP contribution < -0.4 is 10.1 Å². The fourth-order valence-corrected chi connectivity index (χ4v) is 3.38. The molecule has 0 fully saturated rings. The third kappa shape index (κ3) is 4.58. The maximum atomic E-state index is 12.1. The van der Waals surface area contributed by atoms with Gasteiger partial charge in [-0.1, -0.05) is 26.0 Å². The third-order valence-electron chi connectivity index (χ3n) is 3.64. The predicted octanol–water partition coefficient (Wildman–Crippen LogP) is 4.15. The van der Waals surface area contributed by atoms with Crippen LogP contribution in [0.4, 0.5) is 5.00 Å². The molecule has 0 aliphatic carbocycles. The number of amides is 1. The van der Waals surface area contributed by atoms with Crippen LogP contribution in [-0.4, -0.2) is 24.1 Å². The van der Waals surface area contributed by atoms with E-state index in [1.54, 1.807) is 13.2 Å². The first kappa shape index (κ1) is 18.0. The number of hydrogen-bond acceptors (Lipinski definition) is 4. The van der Waals surface area contributed by atoms with Crippen molar-refractivity contribution < 1.29 is 19.4 Å². The molecule has 6 heteroatoms. The third-order valence-corrected chi connectivity index (χ3v) is 4.69. The molecular formula is C18H21NO4S. The van der Waals surface area contributed by atoms with Crippen LogP contribution in [0.25, 0.3) is 0 Å². The lowest BCUT2D eigenvalue weighted by Crippen LogP contribution is -2.11. The van der Waals surface area contributed by atoms with Gasteiger partial charge < -0.3 is 15.2 Å². The number of carboxylic acid groups (broad SMARTS) is 1. The zero-order valence-corrected chi connectivity index (χ0v) is 14.8. The average Bonchev–Trinajstić information content (AvgIpc) is 2.98. The topological polar surface area (TPSA) is 75.6 Å². The summed E-state index contributed by atoms with van der Waals surface area (Å²) in [6.45, 7) is 3.87. The number of nitrogens with one attached hydrogen (secondary N) is 1. The van der Waals surface area contributed by atoms with E-state index in [1.807, 2.05) is 38.1 Å². The van der Waals surface area contributed by atoms with Gasteiger partial charge in [0.05, 0.1) is 12.1 Å².